The summed E-state index contributed by atoms with van der Waals surface area (Å²) in [6.45, 7) is 0. The second-order valence-electron chi connectivity index (χ2n) is 5.39. The average Bonchev–Trinajstić information content (AvgIpc) is 3.29. The van der Waals surface area contributed by atoms with Crippen LogP contribution in [0.15, 0.2) is 46.5 Å². The summed E-state index contributed by atoms with van der Waals surface area (Å²) < 4.78 is 13.8. The summed E-state index contributed by atoms with van der Waals surface area (Å²) in [7, 11) is 3.30. The maximum Gasteiger partial charge on any atom is 0.226 e. The van der Waals surface area contributed by atoms with Gasteiger partial charge in [-0.15, -0.1) is 11.3 Å². The molecule has 0 bridgehead atoms. The maximum atomic E-state index is 5.58. The monoisotopic (exact) mass is 418 g/mol. The zero-order chi connectivity index (χ0) is 17.4. The summed E-state index contributed by atoms with van der Waals surface area (Å²) in [5.41, 5.74) is 1.99. The fourth-order valence-electron chi connectivity index (χ4n) is 2.82. The van der Waals surface area contributed by atoms with Crippen molar-refractivity contribution in [2.75, 3.05) is 19.5 Å². The van der Waals surface area contributed by atoms with E-state index in [0.29, 0.717) is 5.95 Å². The highest BCUT2D eigenvalue weighted by Crippen LogP contribution is 2.39. The Hall–Kier alpha value is -2.32. The van der Waals surface area contributed by atoms with Crippen LogP contribution in [0.4, 0.5) is 5.95 Å². The van der Waals surface area contributed by atoms with E-state index in [2.05, 4.69) is 43.5 Å². The number of hydrogen-bond donors (Lipinski definition) is 1. The molecule has 128 valence electrons. The van der Waals surface area contributed by atoms with Crippen molar-refractivity contribution in [1.29, 1.82) is 0 Å². The van der Waals surface area contributed by atoms with Gasteiger partial charge in [-0.2, -0.15) is 10.1 Å². The quantitative estimate of drug-likeness (QED) is 0.688. The van der Waals surface area contributed by atoms with Crippen LogP contribution in [0.5, 0.6) is 11.5 Å². The number of hydrogen-bond acceptors (Lipinski definition) is 6. The van der Waals surface area contributed by atoms with Crippen molar-refractivity contribution in [2.24, 2.45) is 0 Å². The third kappa shape index (κ3) is 2.91. The van der Waals surface area contributed by atoms with Gasteiger partial charge >= 0.3 is 0 Å². The number of nitrogens with one attached hydrogen (secondary N) is 1. The van der Waals surface area contributed by atoms with E-state index >= 15 is 0 Å². The summed E-state index contributed by atoms with van der Waals surface area (Å²) in [6.07, 6.45) is 3.68. The van der Waals surface area contributed by atoms with E-state index in [1.807, 2.05) is 28.9 Å². The highest BCUT2D eigenvalue weighted by molar-refractivity contribution is 9.11. The predicted octanol–water partition coefficient (Wildman–Crippen LogP) is 4.18. The maximum absolute atomic E-state index is 5.58. The van der Waals surface area contributed by atoms with E-state index in [1.54, 1.807) is 31.9 Å². The SMILES string of the molecule is COc1ccc(C2C=C(c3ccc(Br)s3)Nc3ncnn32)c(OC)c1. The number of fused-ring (bicyclic) bond motifs is 1. The Morgan fingerprint density at radius 3 is 2.80 bits per heavy atom. The van der Waals surface area contributed by atoms with Crippen LogP contribution in [0.1, 0.15) is 16.5 Å². The fraction of sp³-hybridized carbons (Fsp3) is 0.176. The predicted molar refractivity (Wildman–Crippen MR) is 101 cm³/mol. The number of halogens is 1. The molecule has 25 heavy (non-hydrogen) atoms. The fourth-order valence-corrected chi connectivity index (χ4v) is 4.19. The van der Waals surface area contributed by atoms with Gasteiger partial charge in [0, 0.05) is 11.6 Å². The Kier molecular flexibility index (Phi) is 4.22. The van der Waals surface area contributed by atoms with Crippen molar-refractivity contribution in [3.63, 3.8) is 0 Å². The summed E-state index contributed by atoms with van der Waals surface area (Å²) in [4.78, 5) is 5.46. The molecular formula is C17H15BrN4O2S. The van der Waals surface area contributed by atoms with Gasteiger partial charge in [0.25, 0.3) is 0 Å². The zero-order valence-electron chi connectivity index (χ0n) is 13.6. The van der Waals surface area contributed by atoms with Gasteiger partial charge in [0.2, 0.25) is 5.95 Å². The Bertz CT molecular complexity index is 950. The molecule has 6 nitrogen and oxygen atoms in total. The van der Waals surface area contributed by atoms with Gasteiger partial charge in [0.15, 0.2) is 0 Å². The van der Waals surface area contributed by atoms with E-state index in [1.165, 1.54) is 0 Å². The molecule has 1 N–H and O–H groups in total. The molecule has 3 heterocycles. The normalized spacial score (nSPS) is 16.0. The van der Waals surface area contributed by atoms with Crippen molar-refractivity contribution >= 4 is 38.9 Å². The standard InChI is InChI=1S/C17H15BrN4O2S/c1-23-10-3-4-11(14(7-10)24-2)13-8-12(15-5-6-16(18)25-15)21-17-19-9-20-22(13)17/h3-9,13H,1-2H3,(H,19,20,21). The molecule has 0 radical (unpaired) electrons. The lowest BCUT2D eigenvalue weighted by atomic mass is 10.0. The number of methoxy groups -OCH3 is 2. The van der Waals surface area contributed by atoms with Crippen LogP contribution in [-0.4, -0.2) is 29.0 Å². The van der Waals surface area contributed by atoms with Crippen LogP contribution >= 0.6 is 27.3 Å². The minimum Gasteiger partial charge on any atom is -0.497 e. The smallest absolute Gasteiger partial charge is 0.226 e. The van der Waals surface area contributed by atoms with Crippen molar-refractivity contribution < 1.29 is 9.47 Å². The molecule has 1 aliphatic heterocycles. The van der Waals surface area contributed by atoms with Gasteiger partial charge in [-0.3, -0.25) is 0 Å². The third-order valence-electron chi connectivity index (χ3n) is 4.01. The second kappa shape index (κ2) is 6.53. The molecular weight excluding hydrogens is 404 g/mol. The van der Waals surface area contributed by atoms with Crippen molar-refractivity contribution in [1.82, 2.24) is 14.8 Å². The highest BCUT2D eigenvalue weighted by Gasteiger charge is 2.26. The molecule has 1 aromatic carbocycles. The van der Waals surface area contributed by atoms with Crippen LogP contribution in [0.3, 0.4) is 0 Å². The first-order valence-corrected chi connectivity index (χ1v) is 9.16. The summed E-state index contributed by atoms with van der Waals surface area (Å²) in [6, 6.07) is 9.77. The number of allylic oxidation sites excluding steroid dienone is 1. The summed E-state index contributed by atoms with van der Waals surface area (Å²) >= 11 is 5.18. The Morgan fingerprint density at radius 1 is 1.20 bits per heavy atom. The van der Waals surface area contributed by atoms with Crippen LogP contribution < -0.4 is 14.8 Å². The number of rotatable bonds is 4. The van der Waals surface area contributed by atoms with Crippen LogP contribution in [0.25, 0.3) is 5.70 Å². The van der Waals surface area contributed by atoms with Gasteiger partial charge in [-0.1, -0.05) is 0 Å². The Balaban J connectivity index is 1.83. The average molecular weight is 419 g/mol. The minimum atomic E-state index is -0.129. The van der Waals surface area contributed by atoms with Gasteiger partial charge < -0.3 is 14.8 Å². The molecule has 1 unspecified atom stereocenters. The Morgan fingerprint density at radius 2 is 2.08 bits per heavy atom. The molecule has 4 rings (SSSR count). The first-order chi connectivity index (χ1) is 12.2. The van der Waals surface area contributed by atoms with Gasteiger partial charge in [0.1, 0.15) is 23.9 Å². The van der Waals surface area contributed by atoms with E-state index in [4.69, 9.17) is 9.47 Å². The van der Waals surface area contributed by atoms with Crippen LogP contribution in [0.2, 0.25) is 0 Å². The second-order valence-corrected chi connectivity index (χ2v) is 7.85. The lowest BCUT2D eigenvalue weighted by molar-refractivity contribution is 0.387. The van der Waals surface area contributed by atoms with Gasteiger partial charge in [-0.05, 0) is 46.3 Å². The third-order valence-corrected chi connectivity index (χ3v) is 5.66. The molecule has 0 saturated carbocycles. The Labute approximate surface area is 157 Å². The minimum absolute atomic E-state index is 0.129. The molecule has 0 amide bonds. The van der Waals surface area contributed by atoms with Crippen molar-refractivity contribution in [3.05, 3.63) is 57.0 Å². The molecule has 2 aromatic heterocycles. The molecule has 0 spiro atoms. The largest absolute Gasteiger partial charge is 0.497 e. The van der Waals surface area contributed by atoms with E-state index in [9.17, 15) is 0 Å². The number of aromatic nitrogens is 3. The molecule has 0 fully saturated rings. The molecule has 3 aromatic rings. The van der Waals surface area contributed by atoms with Crippen LogP contribution in [0, 0.1) is 0 Å². The van der Waals surface area contributed by atoms with Crippen molar-refractivity contribution in [3.8, 4) is 11.5 Å². The van der Waals surface area contributed by atoms with Crippen molar-refractivity contribution in [2.45, 2.75) is 6.04 Å². The number of anilines is 1. The van der Waals surface area contributed by atoms with Gasteiger partial charge in [-0.25, -0.2) is 4.68 Å². The first-order valence-electron chi connectivity index (χ1n) is 7.55. The topological polar surface area (TPSA) is 61.2 Å². The van der Waals surface area contributed by atoms with Crippen LogP contribution in [-0.2, 0) is 0 Å². The lowest BCUT2D eigenvalue weighted by Crippen LogP contribution is -2.20. The molecule has 8 heteroatoms. The summed E-state index contributed by atoms with van der Waals surface area (Å²) in [5.74, 6) is 2.19. The zero-order valence-corrected chi connectivity index (χ0v) is 16.0. The number of benzene rings is 1. The molecule has 0 saturated heterocycles. The summed E-state index contributed by atoms with van der Waals surface area (Å²) in [5, 5.41) is 7.71. The number of thiophene rings is 1. The van der Waals surface area contributed by atoms with E-state index in [0.717, 1.165) is 31.4 Å². The lowest BCUT2D eigenvalue weighted by Gasteiger charge is -2.25. The van der Waals surface area contributed by atoms with E-state index in [-0.39, 0.29) is 6.04 Å². The molecule has 1 aliphatic rings. The molecule has 0 aliphatic carbocycles. The van der Waals surface area contributed by atoms with Gasteiger partial charge in [0.05, 0.1) is 28.6 Å². The number of ether oxygens (including phenoxy) is 2. The van der Waals surface area contributed by atoms with E-state index < -0.39 is 0 Å². The molecule has 1 atom stereocenters. The highest BCUT2D eigenvalue weighted by atomic mass is 79.9. The first kappa shape index (κ1) is 16.2. The number of nitrogens with zero attached hydrogens (tertiary/aromatic N) is 3.